The van der Waals surface area contributed by atoms with Gasteiger partial charge in [-0.1, -0.05) is 36.4 Å². The van der Waals surface area contributed by atoms with Crippen LogP contribution in [0.4, 0.5) is 0 Å². The average molecular weight is 417 g/mol. The van der Waals surface area contributed by atoms with E-state index in [2.05, 4.69) is 15.3 Å². The van der Waals surface area contributed by atoms with E-state index in [9.17, 15) is 4.79 Å². The molecule has 6 nitrogen and oxygen atoms in total. The van der Waals surface area contributed by atoms with Crippen LogP contribution in [-0.2, 0) is 13.2 Å². The number of H-pyrrole nitrogens is 1. The smallest absolute Gasteiger partial charge is 0.270 e. The molecular weight excluding hydrogens is 396 g/mol. The molecular formula is C23H20N4O2S. The van der Waals surface area contributed by atoms with Crippen LogP contribution in [0.1, 0.15) is 21.6 Å². The fourth-order valence-corrected chi connectivity index (χ4v) is 3.26. The molecule has 4 rings (SSSR count). The number of nitrogens with zero attached hydrogens (tertiary/aromatic N) is 2. The summed E-state index contributed by atoms with van der Waals surface area (Å²) in [5.41, 5.74) is 3.28. The summed E-state index contributed by atoms with van der Waals surface area (Å²) < 4.78 is 7.96. The van der Waals surface area contributed by atoms with Crippen molar-refractivity contribution in [1.29, 1.82) is 0 Å². The third-order valence-electron chi connectivity index (χ3n) is 4.53. The summed E-state index contributed by atoms with van der Waals surface area (Å²) in [5.74, 6) is 0.556. The number of aromatic nitrogens is 3. The van der Waals surface area contributed by atoms with Crippen LogP contribution in [0.5, 0.6) is 5.75 Å². The summed E-state index contributed by atoms with van der Waals surface area (Å²) in [4.78, 5) is 19.7. The lowest BCUT2D eigenvalue weighted by molar-refractivity contribution is 0.0944. The SMILES string of the molecule is O=C(NCc1ccc(OCc2cccnc2)cc1)c1c[nH]c(=S)n1-c1ccccc1. The van der Waals surface area contributed by atoms with Gasteiger partial charge in [-0.25, -0.2) is 0 Å². The zero-order valence-corrected chi connectivity index (χ0v) is 16.9. The van der Waals surface area contributed by atoms with Crippen molar-refractivity contribution in [2.45, 2.75) is 13.2 Å². The van der Waals surface area contributed by atoms with Crippen LogP contribution < -0.4 is 10.1 Å². The summed E-state index contributed by atoms with van der Waals surface area (Å²) in [6.45, 7) is 0.856. The normalized spacial score (nSPS) is 10.5. The second-order valence-corrected chi connectivity index (χ2v) is 7.01. The van der Waals surface area contributed by atoms with E-state index in [-0.39, 0.29) is 5.91 Å². The van der Waals surface area contributed by atoms with E-state index < -0.39 is 0 Å². The summed E-state index contributed by atoms with van der Waals surface area (Å²) >= 11 is 5.34. The van der Waals surface area contributed by atoms with Crippen molar-refractivity contribution in [3.05, 3.63) is 107 Å². The first-order valence-corrected chi connectivity index (χ1v) is 9.86. The molecule has 2 aromatic carbocycles. The molecule has 0 radical (unpaired) electrons. The number of hydrogen-bond acceptors (Lipinski definition) is 4. The lowest BCUT2D eigenvalue weighted by Crippen LogP contribution is -2.25. The number of ether oxygens (including phenoxy) is 1. The van der Waals surface area contributed by atoms with Crippen molar-refractivity contribution in [2.24, 2.45) is 0 Å². The van der Waals surface area contributed by atoms with E-state index >= 15 is 0 Å². The highest BCUT2D eigenvalue weighted by Gasteiger charge is 2.14. The topological polar surface area (TPSA) is 71.9 Å². The molecule has 0 saturated heterocycles. The lowest BCUT2D eigenvalue weighted by Gasteiger charge is -2.10. The minimum Gasteiger partial charge on any atom is -0.489 e. The van der Waals surface area contributed by atoms with Crippen LogP contribution in [0, 0.1) is 4.77 Å². The number of benzene rings is 2. The summed E-state index contributed by atoms with van der Waals surface area (Å²) in [7, 11) is 0. The summed E-state index contributed by atoms with van der Waals surface area (Å²) in [6, 6.07) is 21.0. The van der Waals surface area contributed by atoms with Gasteiger partial charge >= 0.3 is 0 Å². The number of nitrogens with one attached hydrogen (secondary N) is 2. The number of imidazole rings is 1. The first-order chi connectivity index (χ1) is 14.7. The average Bonchev–Trinajstić information content (AvgIpc) is 3.19. The molecule has 2 aromatic heterocycles. The lowest BCUT2D eigenvalue weighted by atomic mass is 10.2. The molecule has 0 unspecified atom stereocenters. The second-order valence-electron chi connectivity index (χ2n) is 6.63. The van der Waals surface area contributed by atoms with Gasteiger partial charge in [-0.05, 0) is 48.1 Å². The molecule has 0 atom stereocenters. The Hall–Kier alpha value is -3.71. The first-order valence-electron chi connectivity index (χ1n) is 9.45. The van der Waals surface area contributed by atoms with Crippen LogP contribution in [-0.4, -0.2) is 20.4 Å². The van der Waals surface area contributed by atoms with E-state index in [0.717, 1.165) is 22.6 Å². The van der Waals surface area contributed by atoms with Crippen LogP contribution >= 0.6 is 12.2 Å². The predicted molar refractivity (Wildman–Crippen MR) is 117 cm³/mol. The van der Waals surface area contributed by atoms with Gasteiger partial charge in [-0.15, -0.1) is 0 Å². The molecule has 4 aromatic rings. The molecule has 150 valence electrons. The fourth-order valence-electron chi connectivity index (χ4n) is 3.00. The Morgan fingerprint density at radius 3 is 2.57 bits per heavy atom. The van der Waals surface area contributed by atoms with Crippen molar-refractivity contribution < 1.29 is 9.53 Å². The summed E-state index contributed by atoms with van der Waals surface area (Å²) in [6.07, 6.45) is 5.14. The Labute approximate surface area is 179 Å². The number of pyridine rings is 1. The Kier molecular flexibility index (Phi) is 6.01. The van der Waals surface area contributed by atoms with Gasteiger partial charge in [-0.2, -0.15) is 0 Å². The Balaban J connectivity index is 1.37. The monoisotopic (exact) mass is 416 g/mol. The first kappa shape index (κ1) is 19.6. The van der Waals surface area contributed by atoms with Crippen molar-refractivity contribution in [2.75, 3.05) is 0 Å². The molecule has 0 aliphatic rings. The molecule has 0 saturated carbocycles. The van der Waals surface area contributed by atoms with E-state index in [1.54, 1.807) is 23.2 Å². The van der Waals surface area contributed by atoms with Crippen molar-refractivity contribution >= 4 is 18.1 Å². The quantitative estimate of drug-likeness (QED) is 0.437. The Morgan fingerprint density at radius 1 is 1.03 bits per heavy atom. The van der Waals surface area contributed by atoms with E-state index in [1.807, 2.05) is 66.7 Å². The van der Waals surface area contributed by atoms with E-state index in [4.69, 9.17) is 17.0 Å². The number of hydrogen-bond donors (Lipinski definition) is 2. The maximum absolute atomic E-state index is 12.7. The van der Waals surface area contributed by atoms with Gasteiger partial charge in [0.25, 0.3) is 5.91 Å². The molecule has 2 N–H and O–H groups in total. The molecule has 1 amide bonds. The minimum absolute atomic E-state index is 0.205. The molecule has 2 heterocycles. The highest BCUT2D eigenvalue weighted by Crippen LogP contribution is 2.15. The fraction of sp³-hybridized carbons (Fsp3) is 0.0870. The highest BCUT2D eigenvalue weighted by atomic mass is 32.1. The van der Waals surface area contributed by atoms with Crippen molar-refractivity contribution in [3.8, 4) is 11.4 Å². The molecule has 0 aliphatic carbocycles. The predicted octanol–water partition coefficient (Wildman–Crippen LogP) is 4.44. The van der Waals surface area contributed by atoms with Crippen LogP contribution in [0.15, 0.2) is 85.3 Å². The maximum atomic E-state index is 12.7. The standard InChI is InChI=1S/C23H20N4O2S/c28-22(21-15-26-23(30)27(21)19-6-2-1-3-7-19)25-14-17-8-10-20(11-9-17)29-16-18-5-4-12-24-13-18/h1-13,15H,14,16H2,(H,25,28)(H,26,30). The number of carbonyl (C=O) groups excluding carboxylic acids is 1. The van der Waals surface area contributed by atoms with Gasteiger partial charge in [0.2, 0.25) is 0 Å². The Morgan fingerprint density at radius 2 is 1.83 bits per heavy atom. The molecule has 7 heteroatoms. The van der Waals surface area contributed by atoms with Gasteiger partial charge in [0.1, 0.15) is 18.1 Å². The van der Waals surface area contributed by atoms with Crippen molar-refractivity contribution in [3.63, 3.8) is 0 Å². The highest BCUT2D eigenvalue weighted by molar-refractivity contribution is 7.71. The summed E-state index contributed by atoms with van der Waals surface area (Å²) in [5, 5.41) is 2.94. The number of para-hydroxylation sites is 1. The van der Waals surface area contributed by atoms with E-state index in [0.29, 0.717) is 23.6 Å². The third-order valence-corrected chi connectivity index (χ3v) is 4.83. The van der Waals surface area contributed by atoms with Gasteiger partial charge in [0.05, 0.1) is 0 Å². The molecule has 0 spiro atoms. The van der Waals surface area contributed by atoms with Gasteiger partial charge < -0.3 is 15.0 Å². The number of carbonyl (C=O) groups is 1. The molecule has 30 heavy (non-hydrogen) atoms. The minimum atomic E-state index is -0.205. The zero-order valence-electron chi connectivity index (χ0n) is 16.1. The van der Waals surface area contributed by atoms with Crippen molar-refractivity contribution in [1.82, 2.24) is 19.9 Å². The maximum Gasteiger partial charge on any atom is 0.270 e. The Bertz CT molecular complexity index is 1170. The van der Waals surface area contributed by atoms with E-state index in [1.165, 1.54) is 0 Å². The third kappa shape index (κ3) is 4.64. The number of amides is 1. The van der Waals surface area contributed by atoms with Gasteiger partial charge in [0.15, 0.2) is 4.77 Å². The van der Waals surface area contributed by atoms with Crippen LogP contribution in [0.2, 0.25) is 0 Å². The second kappa shape index (κ2) is 9.19. The zero-order chi connectivity index (χ0) is 20.8. The number of aromatic amines is 1. The van der Waals surface area contributed by atoms with Crippen LogP contribution in [0.25, 0.3) is 5.69 Å². The van der Waals surface area contributed by atoms with Crippen LogP contribution in [0.3, 0.4) is 0 Å². The van der Waals surface area contributed by atoms with Gasteiger partial charge in [0, 0.05) is 36.4 Å². The largest absolute Gasteiger partial charge is 0.489 e. The molecule has 0 aliphatic heterocycles. The van der Waals surface area contributed by atoms with Gasteiger partial charge in [-0.3, -0.25) is 14.3 Å². The molecule has 0 bridgehead atoms. The molecule has 0 fully saturated rings. The number of rotatable bonds is 7.